The summed E-state index contributed by atoms with van der Waals surface area (Å²) in [5, 5.41) is 0. The van der Waals surface area contributed by atoms with Gasteiger partial charge in [0.25, 0.3) is 0 Å². The summed E-state index contributed by atoms with van der Waals surface area (Å²) in [6.45, 7) is 8.50. The topological polar surface area (TPSA) is 38.8 Å². The largest absolute Gasteiger partial charge is 0.487 e. The lowest BCUT2D eigenvalue weighted by atomic mass is 9.80. The van der Waals surface area contributed by atoms with Crippen LogP contribution in [0.2, 0.25) is 0 Å². The van der Waals surface area contributed by atoms with Gasteiger partial charge in [-0.25, -0.2) is 4.79 Å². The van der Waals surface area contributed by atoms with Crippen LogP contribution in [0.1, 0.15) is 52.5 Å². The van der Waals surface area contributed by atoms with E-state index in [0.29, 0.717) is 6.54 Å². The van der Waals surface area contributed by atoms with Crippen molar-refractivity contribution in [2.75, 3.05) is 6.54 Å². The number of aryl methyl sites for hydroxylation is 1. The van der Waals surface area contributed by atoms with Crippen molar-refractivity contribution in [1.82, 2.24) is 4.90 Å². The fourth-order valence-corrected chi connectivity index (χ4v) is 3.66. The lowest BCUT2D eigenvalue weighted by Crippen LogP contribution is -2.55. The average Bonchev–Trinajstić information content (AvgIpc) is 2.45. The first-order valence-corrected chi connectivity index (χ1v) is 8.55. The summed E-state index contributed by atoms with van der Waals surface area (Å²) >= 11 is 0. The highest BCUT2D eigenvalue weighted by molar-refractivity contribution is 5.68. The van der Waals surface area contributed by atoms with Crippen molar-refractivity contribution in [3.63, 3.8) is 0 Å². The maximum Gasteiger partial charge on any atom is 0.410 e. The van der Waals surface area contributed by atoms with E-state index in [0.717, 1.165) is 31.4 Å². The SMILES string of the molecule is C[C@@H]1C[C@@]2(CCc3ccccc3O2)CCN1C(=O)OC(C)(C)C. The summed E-state index contributed by atoms with van der Waals surface area (Å²) in [5.74, 6) is 1.01. The molecule has 0 aliphatic carbocycles. The highest BCUT2D eigenvalue weighted by Gasteiger charge is 2.44. The molecule has 0 bridgehead atoms. The minimum Gasteiger partial charge on any atom is -0.487 e. The Morgan fingerprint density at radius 1 is 1.30 bits per heavy atom. The quantitative estimate of drug-likeness (QED) is 0.721. The second-order valence-electron chi connectivity index (χ2n) is 7.87. The third kappa shape index (κ3) is 3.46. The van der Waals surface area contributed by atoms with Crippen molar-refractivity contribution >= 4 is 6.09 Å². The Kier molecular flexibility index (Phi) is 4.03. The van der Waals surface area contributed by atoms with Crippen molar-refractivity contribution in [3.8, 4) is 5.75 Å². The van der Waals surface area contributed by atoms with Gasteiger partial charge in [0.2, 0.25) is 0 Å². The molecule has 4 heteroatoms. The second-order valence-corrected chi connectivity index (χ2v) is 7.87. The molecule has 4 nitrogen and oxygen atoms in total. The van der Waals surface area contributed by atoms with Gasteiger partial charge in [-0.2, -0.15) is 0 Å². The summed E-state index contributed by atoms with van der Waals surface area (Å²) in [4.78, 5) is 14.2. The van der Waals surface area contributed by atoms with Crippen LogP contribution in [0.3, 0.4) is 0 Å². The number of benzene rings is 1. The third-order valence-electron chi connectivity index (χ3n) is 4.78. The normalized spacial score (nSPS) is 27.3. The first kappa shape index (κ1) is 16.2. The van der Waals surface area contributed by atoms with Crippen LogP contribution in [0.4, 0.5) is 4.79 Å². The molecule has 1 fully saturated rings. The van der Waals surface area contributed by atoms with Gasteiger partial charge in [0, 0.05) is 25.4 Å². The molecule has 2 aliphatic rings. The van der Waals surface area contributed by atoms with E-state index in [4.69, 9.17) is 9.47 Å². The molecule has 1 aromatic rings. The number of ether oxygens (including phenoxy) is 2. The van der Waals surface area contributed by atoms with Gasteiger partial charge >= 0.3 is 6.09 Å². The van der Waals surface area contributed by atoms with E-state index in [1.54, 1.807) is 0 Å². The number of likely N-dealkylation sites (tertiary alicyclic amines) is 1. The Morgan fingerprint density at radius 3 is 2.74 bits per heavy atom. The van der Waals surface area contributed by atoms with E-state index in [-0.39, 0.29) is 17.7 Å². The maximum atomic E-state index is 12.4. The van der Waals surface area contributed by atoms with Crippen molar-refractivity contribution in [2.45, 2.75) is 70.6 Å². The Hall–Kier alpha value is -1.71. The number of nitrogens with zero attached hydrogens (tertiary/aromatic N) is 1. The van der Waals surface area contributed by atoms with E-state index in [1.807, 2.05) is 31.7 Å². The van der Waals surface area contributed by atoms with E-state index < -0.39 is 5.60 Å². The standard InChI is InChI=1S/C19H27NO3/c1-14-13-19(10-9-15-7-5-6-8-16(15)22-19)11-12-20(14)17(21)23-18(2,3)4/h5-8,14H,9-13H2,1-4H3/t14-,19-/m1/s1. The van der Waals surface area contributed by atoms with Crippen LogP contribution in [-0.2, 0) is 11.2 Å². The minimum absolute atomic E-state index is 0.129. The lowest BCUT2D eigenvalue weighted by Gasteiger charge is -2.47. The highest BCUT2D eigenvalue weighted by atomic mass is 16.6. The van der Waals surface area contributed by atoms with Gasteiger partial charge in [0.15, 0.2) is 0 Å². The molecule has 0 unspecified atom stereocenters. The number of para-hydroxylation sites is 1. The predicted octanol–water partition coefficient (Wildman–Crippen LogP) is 4.17. The molecular weight excluding hydrogens is 290 g/mol. The molecule has 3 rings (SSSR count). The van der Waals surface area contributed by atoms with Gasteiger partial charge in [0.1, 0.15) is 17.0 Å². The summed E-state index contributed by atoms with van der Waals surface area (Å²) < 4.78 is 11.9. The molecule has 1 aromatic carbocycles. The lowest BCUT2D eigenvalue weighted by molar-refractivity contribution is -0.0458. The van der Waals surface area contributed by atoms with Gasteiger partial charge in [-0.05, 0) is 52.2 Å². The average molecular weight is 317 g/mol. The van der Waals surface area contributed by atoms with Gasteiger partial charge < -0.3 is 14.4 Å². The molecule has 1 saturated heterocycles. The first-order chi connectivity index (χ1) is 10.8. The Bertz CT molecular complexity index is 593. The minimum atomic E-state index is -0.452. The molecule has 1 amide bonds. The van der Waals surface area contributed by atoms with Gasteiger partial charge in [-0.3, -0.25) is 0 Å². The number of carbonyl (C=O) groups is 1. The monoisotopic (exact) mass is 317 g/mol. The van der Waals surface area contributed by atoms with Crippen molar-refractivity contribution in [2.24, 2.45) is 0 Å². The summed E-state index contributed by atoms with van der Waals surface area (Å²) in [5.41, 5.74) is 0.707. The van der Waals surface area contributed by atoms with E-state index in [1.165, 1.54) is 5.56 Å². The Balaban J connectivity index is 1.68. The molecule has 2 aliphatic heterocycles. The fourth-order valence-electron chi connectivity index (χ4n) is 3.66. The molecule has 0 saturated carbocycles. The van der Waals surface area contributed by atoms with Crippen LogP contribution >= 0.6 is 0 Å². The number of carbonyl (C=O) groups excluding carboxylic acids is 1. The number of rotatable bonds is 0. The van der Waals surface area contributed by atoms with Crippen LogP contribution in [0, 0.1) is 0 Å². The second kappa shape index (κ2) is 5.73. The van der Waals surface area contributed by atoms with E-state index >= 15 is 0 Å². The van der Waals surface area contributed by atoms with Crippen molar-refractivity contribution < 1.29 is 14.3 Å². The molecule has 126 valence electrons. The van der Waals surface area contributed by atoms with E-state index in [9.17, 15) is 4.79 Å². The van der Waals surface area contributed by atoms with Gasteiger partial charge in [0.05, 0.1) is 0 Å². The molecule has 2 heterocycles. The molecular formula is C19H27NO3. The smallest absolute Gasteiger partial charge is 0.410 e. The van der Waals surface area contributed by atoms with Crippen LogP contribution < -0.4 is 4.74 Å². The van der Waals surface area contributed by atoms with Gasteiger partial charge in [-0.1, -0.05) is 18.2 Å². The van der Waals surface area contributed by atoms with E-state index in [2.05, 4.69) is 25.1 Å². The van der Waals surface area contributed by atoms with Crippen LogP contribution in [0.15, 0.2) is 24.3 Å². The molecule has 0 radical (unpaired) electrons. The summed E-state index contributed by atoms with van der Waals surface area (Å²) in [6.07, 6.45) is 3.59. The molecule has 2 atom stereocenters. The zero-order chi connectivity index (χ0) is 16.7. The van der Waals surface area contributed by atoms with Crippen molar-refractivity contribution in [3.05, 3.63) is 29.8 Å². The predicted molar refractivity (Wildman–Crippen MR) is 89.8 cm³/mol. The number of fused-ring (bicyclic) bond motifs is 1. The van der Waals surface area contributed by atoms with Crippen LogP contribution in [0.25, 0.3) is 0 Å². The number of hydrogen-bond acceptors (Lipinski definition) is 3. The Labute approximate surface area is 138 Å². The molecule has 23 heavy (non-hydrogen) atoms. The first-order valence-electron chi connectivity index (χ1n) is 8.55. The summed E-state index contributed by atoms with van der Waals surface area (Å²) in [6, 6.07) is 8.41. The van der Waals surface area contributed by atoms with Crippen molar-refractivity contribution in [1.29, 1.82) is 0 Å². The summed E-state index contributed by atoms with van der Waals surface area (Å²) in [7, 11) is 0. The fraction of sp³-hybridized carbons (Fsp3) is 0.632. The maximum absolute atomic E-state index is 12.4. The number of hydrogen-bond donors (Lipinski definition) is 0. The number of piperidine rings is 1. The molecule has 0 N–H and O–H groups in total. The van der Waals surface area contributed by atoms with Crippen LogP contribution in [-0.4, -0.2) is 34.8 Å². The number of amides is 1. The Morgan fingerprint density at radius 2 is 2.04 bits per heavy atom. The zero-order valence-corrected chi connectivity index (χ0v) is 14.6. The highest BCUT2D eigenvalue weighted by Crippen LogP contribution is 2.41. The molecule has 0 aromatic heterocycles. The molecule has 1 spiro atoms. The third-order valence-corrected chi connectivity index (χ3v) is 4.78. The van der Waals surface area contributed by atoms with Crippen LogP contribution in [0.5, 0.6) is 5.75 Å². The van der Waals surface area contributed by atoms with Gasteiger partial charge in [-0.15, -0.1) is 0 Å². The zero-order valence-electron chi connectivity index (χ0n) is 14.6.